The van der Waals surface area contributed by atoms with Gasteiger partial charge in [0.15, 0.2) is 0 Å². The van der Waals surface area contributed by atoms with E-state index in [0.717, 1.165) is 18.6 Å². The summed E-state index contributed by atoms with van der Waals surface area (Å²) >= 11 is 0. The van der Waals surface area contributed by atoms with Crippen LogP contribution in [0.4, 0.5) is 0 Å². The Morgan fingerprint density at radius 3 is 2.60 bits per heavy atom. The topological polar surface area (TPSA) is 64.4 Å². The molecule has 25 heavy (non-hydrogen) atoms. The fourth-order valence-electron chi connectivity index (χ4n) is 2.26. The second-order valence-corrected chi connectivity index (χ2v) is 6.02. The molecule has 0 bridgehead atoms. The second-order valence-electron chi connectivity index (χ2n) is 6.02. The van der Waals surface area contributed by atoms with Crippen molar-refractivity contribution in [2.24, 2.45) is 0 Å². The van der Waals surface area contributed by atoms with E-state index >= 15 is 0 Å². The third-order valence-corrected chi connectivity index (χ3v) is 3.87. The number of aromatic nitrogens is 2. The Balaban J connectivity index is 1.92. The van der Waals surface area contributed by atoms with Gasteiger partial charge >= 0.3 is 0 Å². The molecule has 0 spiro atoms. The molecule has 1 aromatic carbocycles. The Kier molecular flexibility index (Phi) is 6.74. The van der Waals surface area contributed by atoms with Gasteiger partial charge in [0, 0.05) is 19.7 Å². The molecule has 0 fully saturated rings. The van der Waals surface area contributed by atoms with E-state index in [-0.39, 0.29) is 17.2 Å². The quantitative estimate of drug-likeness (QED) is 0.739. The lowest BCUT2D eigenvalue weighted by Crippen LogP contribution is -2.33. The van der Waals surface area contributed by atoms with Gasteiger partial charge in [-0.05, 0) is 31.5 Å². The van der Waals surface area contributed by atoms with E-state index in [1.54, 1.807) is 11.9 Å². The summed E-state index contributed by atoms with van der Waals surface area (Å²) in [7, 11) is 1.70. The maximum atomic E-state index is 12.5. The maximum Gasteiger partial charge on any atom is 0.274 e. The summed E-state index contributed by atoms with van der Waals surface area (Å²) in [4.78, 5) is 25.8. The van der Waals surface area contributed by atoms with Crippen LogP contribution in [0, 0.1) is 6.92 Å². The van der Waals surface area contributed by atoms with E-state index in [2.05, 4.69) is 5.10 Å². The molecular weight excluding hydrogens is 318 g/mol. The highest BCUT2D eigenvalue weighted by atomic mass is 16.5. The van der Waals surface area contributed by atoms with Gasteiger partial charge in [0.05, 0.1) is 6.54 Å². The van der Waals surface area contributed by atoms with Gasteiger partial charge in [-0.1, -0.05) is 31.0 Å². The van der Waals surface area contributed by atoms with Crippen LogP contribution in [0.3, 0.4) is 0 Å². The number of likely N-dealkylation sites (N-methyl/N-ethyl adjacent to an activating group) is 1. The van der Waals surface area contributed by atoms with Gasteiger partial charge in [-0.15, -0.1) is 0 Å². The Labute approximate surface area is 148 Å². The van der Waals surface area contributed by atoms with E-state index in [1.807, 2.05) is 38.1 Å². The molecular formula is C19H25N3O3. The third-order valence-electron chi connectivity index (χ3n) is 3.87. The van der Waals surface area contributed by atoms with Crippen LogP contribution in [0.2, 0.25) is 0 Å². The largest absolute Gasteiger partial charge is 0.492 e. The van der Waals surface area contributed by atoms with Crippen LogP contribution in [0.15, 0.2) is 41.2 Å². The predicted molar refractivity (Wildman–Crippen MR) is 97.0 cm³/mol. The van der Waals surface area contributed by atoms with Crippen molar-refractivity contribution in [3.8, 4) is 5.75 Å². The van der Waals surface area contributed by atoms with E-state index in [0.29, 0.717) is 19.7 Å². The van der Waals surface area contributed by atoms with Gasteiger partial charge in [-0.2, -0.15) is 5.10 Å². The second kappa shape index (κ2) is 9.01. The molecule has 1 heterocycles. The number of amides is 1. The zero-order chi connectivity index (χ0) is 18.2. The first-order valence-corrected chi connectivity index (χ1v) is 8.54. The van der Waals surface area contributed by atoms with Gasteiger partial charge in [-0.3, -0.25) is 9.59 Å². The van der Waals surface area contributed by atoms with Crippen LogP contribution >= 0.6 is 0 Å². The van der Waals surface area contributed by atoms with Crippen LogP contribution in [-0.4, -0.2) is 40.8 Å². The van der Waals surface area contributed by atoms with Crippen LogP contribution in [0.1, 0.15) is 35.8 Å². The monoisotopic (exact) mass is 343 g/mol. The highest BCUT2D eigenvalue weighted by molar-refractivity contribution is 5.91. The van der Waals surface area contributed by atoms with Crippen molar-refractivity contribution in [1.29, 1.82) is 0 Å². The third kappa shape index (κ3) is 5.45. The van der Waals surface area contributed by atoms with Crippen molar-refractivity contribution in [3.05, 3.63) is 58.0 Å². The van der Waals surface area contributed by atoms with Gasteiger partial charge in [0.2, 0.25) is 0 Å². The Hall–Kier alpha value is -2.63. The molecule has 0 aliphatic heterocycles. The summed E-state index contributed by atoms with van der Waals surface area (Å²) in [5.74, 6) is 0.551. The Bertz CT molecular complexity index is 753. The van der Waals surface area contributed by atoms with Gasteiger partial charge in [0.1, 0.15) is 18.1 Å². The minimum atomic E-state index is -0.224. The van der Waals surface area contributed by atoms with Crippen LogP contribution < -0.4 is 10.3 Å². The van der Waals surface area contributed by atoms with Gasteiger partial charge in [0.25, 0.3) is 11.5 Å². The Morgan fingerprint density at radius 1 is 1.20 bits per heavy atom. The van der Waals surface area contributed by atoms with Gasteiger partial charge in [-0.25, -0.2) is 4.68 Å². The standard InChI is InChI=1S/C19H25N3O3/c1-4-5-12-22-18(23)11-10-17(20-22)19(24)21(3)13-14-25-16-8-6-15(2)7-9-16/h6-11H,4-5,12-14H2,1-3H3. The molecule has 134 valence electrons. The normalized spacial score (nSPS) is 10.5. The molecule has 2 aromatic rings. The minimum absolute atomic E-state index is 0.185. The van der Waals surface area contributed by atoms with E-state index in [9.17, 15) is 9.59 Å². The summed E-state index contributed by atoms with van der Waals surface area (Å²) < 4.78 is 7.00. The molecule has 6 heteroatoms. The summed E-state index contributed by atoms with van der Waals surface area (Å²) in [5.41, 5.74) is 1.26. The molecule has 0 saturated heterocycles. The average molecular weight is 343 g/mol. The first-order chi connectivity index (χ1) is 12.0. The molecule has 0 radical (unpaired) electrons. The highest BCUT2D eigenvalue weighted by Gasteiger charge is 2.14. The smallest absolute Gasteiger partial charge is 0.274 e. The van der Waals surface area contributed by atoms with Crippen molar-refractivity contribution in [2.75, 3.05) is 20.2 Å². The van der Waals surface area contributed by atoms with Crippen LogP contribution in [-0.2, 0) is 6.54 Å². The molecule has 2 rings (SSSR count). The summed E-state index contributed by atoms with van der Waals surface area (Å²) in [6.45, 7) is 5.41. The van der Waals surface area contributed by atoms with E-state index in [1.165, 1.54) is 22.4 Å². The van der Waals surface area contributed by atoms with Crippen molar-refractivity contribution in [1.82, 2.24) is 14.7 Å². The molecule has 6 nitrogen and oxygen atoms in total. The zero-order valence-corrected chi connectivity index (χ0v) is 15.1. The predicted octanol–water partition coefficient (Wildman–Crippen LogP) is 2.50. The Morgan fingerprint density at radius 2 is 1.92 bits per heavy atom. The van der Waals surface area contributed by atoms with Crippen molar-refractivity contribution < 1.29 is 9.53 Å². The average Bonchev–Trinajstić information content (AvgIpc) is 2.62. The van der Waals surface area contributed by atoms with Crippen LogP contribution in [0.25, 0.3) is 0 Å². The number of nitrogens with zero attached hydrogens (tertiary/aromatic N) is 3. The van der Waals surface area contributed by atoms with E-state index < -0.39 is 0 Å². The lowest BCUT2D eigenvalue weighted by atomic mass is 10.2. The summed E-state index contributed by atoms with van der Waals surface area (Å²) in [6.07, 6.45) is 1.81. The number of hydrogen-bond donors (Lipinski definition) is 0. The first-order valence-electron chi connectivity index (χ1n) is 8.54. The van der Waals surface area contributed by atoms with Crippen molar-refractivity contribution in [3.63, 3.8) is 0 Å². The molecule has 0 aliphatic rings. The molecule has 0 saturated carbocycles. The summed E-state index contributed by atoms with van der Waals surface area (Å²) in [6, 6.07) is 10.6. The maximum absolute atomic E-state index is 12.5. The SMILES string of the molecule is CCCCn1nc(C(=O)N(C)CCOc2ccc(C)cc2)ccc1=O. The number of rotatable bonds is 8. The van der Waals surface area contributed by atoms with Gasteiger partial charge < -0.3 is 9.64 Å². The minimum Gasteiger partial charge on any atom is -0.492 e. The number of carbonyl (C=O) groups is 1. The number of carbonyl (C=O) groups excluding carboxylic acids is 1. The molecule has 1 amide bonds. The number of benzene rings is 1. The van der Waals surface area contributed by atoms with Crippen molar-refractivity contribution in [2.45, 2.75) is 33.2 Å². The lowest BCUT2D eigenvalue weighted by Gasteiger charge is -2.17. The number of unbranched alkanes of at least 4 members (excludes halogenated alkanes) is 1. The number of aryl methyl sites for hydroxylation is 2. The molecule has 0 unspecified atom stereocenters. The summed E-state index contributed by atoms with van der Waals surface area (Å²) in [5, 5.41) is 4.18. The molecule has 0 atom stereocenters. The van der Waals surface area contributed by atoms with Crippen molar-refractivity contribution >= 4 is 5.91 Å². The number of hydrogen-bond acceptors (Lipinski definition) is 4. The highest BCUT2D eigenvalue weighted by Crippen LogP contribution is 2.11. The fraction of sp³-hybridized carbons (Fsp3) is 0.421. The zero-order valence-electron chi connectivity index (χ0n) is 15.1. The number of ether oxygens (including phenoxy) is 1. The van der Waals surface area contributed by atoms with E-state index in [4.69, 9.17) is 4.74 Å². The fourth-order valence-corrected chi connectivity index (χ4v) is 2.26. The molecule has 0 aliphatic carbocycles. The molecule has 0 N–H and O–H groups in total. The van der Waals surface area contributed by atoms with Crippen LogP contribution in [0.5, 0.6) is 5.75 Å². The first kappa shape index (κ1) is 18.7. The lowest BCUT2D eigenvalue weighted by molar-refractivity contribution is 0.0765. The molecule has 1 aromatic heterocycles.